The molecule has 6 rings (SSSR count). The molecule has 5 saturated carbocycles. The summed E-state index contributed by atoms with van der Waals surface area (Å²) in [7, 11) is 0. The van der Waals surface area contributed by atoms with E-state index in [4.69, 9.17) is 4.74 Å². The number of likely N-dealkylation sites (tertiary alicyclic amines) is 1. The van der Waals surface area contributed by atoms with E-state index in [1.54, 1.807) is 0 Å². The lowest BCUT2D eigenvalue weighted by molar-refractivity contribution is -0.199. The summed E-state index contributed by atoms with van der Waals surface area (Å²) in [6.45, 7) is 2.14. The van der Waals surface area contributed by atoms with E-state index < -0.39 is 0 Å². The molecule has 6 aliphatic rings. The van der Waals surface area contributed by atoms with Crippen LogP contribution in [0.25, 0.3) is 0 Å². The van der Waals surface area contributed by atoms with Crippen LogP contribution < -0.4 is 0 Å². The van der Waals surface area contributed by atoms with Gasteiger partial charge in [-0.05, 0) is 81.0 Å². The lowest BCUT2D eigenvalue weighted by Crippen LogP contribution is -2.74. The van der Waals surface area contributed by atoms with Gasteiger partial charge in [0, 0.05) is 6.54 Å². The summed E-state index contributed by atoms with van der Waals surface area (Å²) in [4.78, 5) is 14.9. The summed E-state index contributed by atoms with van der Waals surface area (Å²) in [5.41, 5.74) is 0.271. The fourth-order valence-electron chi connectivity index (χ4n) is 6.36. The first-order valence-corrected chi connectivity index (χ1v) is 9.14. The quantitative estimate of drug-likeness (QED) is 0.796. The van der Waals surface area contributed by atoms with E-state index in [1.807, 2.05) is 0 Å². The average Bonchev–Trinajstić information content (AvgIpc) is 3.20. The van der Waals surface area contributed by atoms with Crippen molar-refractivity contribution in [1.82, 2.24) is 4.90 Å². The summed E-state index contributed by atoms with van der Waals surface area (Å²) >= 11 is 0. The molecular weight excluding hydrogens is 262 g/mol. The van der Waals surface area contributed by atoms with Gasteiger partial charge in [-0.25, -0.2) is 0 Å². The zero-order chi connectivity index (χ0) is 14.0. The Morgan fingerprint density at radius 3 is 2.24 bits per heavy atom. The molecule has 6 fully saturated rings. The Morgan fingerprint density at radius 1 is 1.05 bits per heavy atom. The number of amides is 1. The van der Waals surface area contributed by atoms with Gasteiger partial charge in [0.15, 0.2) is 0 Å². The Labute approximate surface area is 127 Å². The lowest BCUT2D eigenvalue weighted by atomic mass is 9.45. The third-order valence-electron chi connectivity index (χ3n) is 7.37. The normalized spacial score (nSPS) is 47.0. The molecule has 0 radical (unpaired) electrons. The van der Waals surface area contributed by atoms with Gasteiger partial charge in [0.05, 0.1) is 12.1 Å². The van der Waals surface area contributed by atoms with Crippen LogP contribution in [0, 0.1) is 29.6 Å². The van der Waals surface area contributed by atoms with Crippen molar-refractivity contribution in [2.24, 2.45) is 29.6 Å². The Bertz CT molecular complexity index is 428. The molecule has 0 unspecified atom stereocenters. The highest BCUT2D eigenvalue weighted by atomic mass is 16.5. The molecule has 21 heavy (non-hydrogen) atoms. The van der Waals surface area contributed by atoms with Gasteiger partial charge in [0.1, 0.15) is 6.61 Å². The number of hydrogen-bond donors (Lipinski definition) is 0. The van der Waals surface area contributed by atoms with E-state index in [0.717, 1.165) is 42.7 Å². The molecule has 0 aromatic heterocycles. The van der Waals surface area contributed by atoms with E-state index in [0.29, 0.717) is 6.61 Å². The molecule has 3 heteroatoms. The van der Waals surface area contributed by atoms with Crippen molar-refractivity contribution in [2.45, 2.75) is 56.9 Å². The molecule has 116 valence electrons. The second kappa shape index (κ2) is 4.47. The van der Waals surface area contributed by atoms with E-state index in [-0.39, 0.29) is 11.4 Å². The topological polar surface area (TPSA) is 29.5 Å². The van der Waals surface area contributed by atoms with Gasteiger partial charge in [-0.3, -0.25) is 4.79 Å². The second-order valence-corrected chi connectivity index (χ2v) is 8.55. The molecule has 4 bridgehead atoms. The predicted octanol–water partition coefficient (Wildman–Crippen LogP) is 2.84. The zero-order valence-corrected chi connectivity index (χ0v) is 12.9. The first kappa shape index (κ1) is 12.9. The molecule has 0 aromatic carbocycles. The Hall–Kier alpha value is -0.570. The number of ether oxygens (including phenoxy) is 1. The first-order valence-electron chi connectivity index (χ1n) is 9.14. The number of rotatable bonds is 4. The summed E-state index contributed by atoms with van der Waals surface area (Å²) < 4.78 is 5.67. The van der Waals surface area contributed by atoms with Crippen molar-refractivity contribution in [3.63, 3.8) is 0 Å². The number of hydrogen-bond acceptors (Lipinski definition) is 2. The van der Waals surface area contributed by atoms with E-state index >= 15 is 0 Å². The van der Waals surface area contributed by atoms with Gasteiger partial charge in [0.2, 0.25) is 5.91 Å². The maximum absolute atomic E-state index is 12.6. The molecule has 1 spiro atoms. The van der Waals surface area contributed by atoms with Gasteiger partial charge in [0.25, 0.3) is 0 Å². The van der Waals surface area contributed by atoms with Crippen molar-refractivity contribution in [3.8, 4) is 0 Å². The third kappa shape index (κ3) is 1.85. The van der Waals surface area contributed by atoms with Crippen LogP contribution in [0.5, 0.6) is 0 Å². The van der Waals surface area contributed by atoms with Crippen LogP contribution in [0.1, 0.15) is 51.4 Å². The molecule has 1 aliphatic heterocycles. The van der Waals surface area contributed by atoms with Crippen molar-refractivity contribution >= 4 is 5.91 Å². The fourth-order valence-corrected chi connectivity index (χ4v) is 6.36. The number of carbonyl (C=O) groups excluding carboxylic acids is 1. The van der Waals surface area contributed by atoms with Crippen LogP contribution in [-0.4, -0.2) is 36.1 Å². The smallest absolute Gasteiger partial charge is 0.249 e. The van der Waals surface area contributed by atoms with Gasteiger partial charge < -0.3 is 9.64 Å². The van der Waals surface area contributed by atoms with Crippen molar-refractivity contribution in [2.75, 3.05) is 19.8 Å². The largest absolute Gasteiger partial charge is 0.371 e. The van der Waals surface area contributed by atoms with E-state index in [9.17, 15) is 4.79 Å². The minimum Gasteiger partial charge on any atom is -0.371 e. The monoisotopic (exact) mass is 289 g/mol. The maximum Gasteiger partial charge on any atom is 0.249 e. The van der Waals surface area contributed by atoms with Crippen LogP contribution in [0.4, 0.5) is 0 Å². The maximum atomic E-state index is 12.6. The Kier molecular flexibility index (Phi) is 2.75. The average molecular weight is 289 g/mol. The molecule has 1 heterocycles. The summed E-state index contributed by atoms with van der Waals surface area (Å²) in [5.74, 6) is 4.65. The van der Waals surface area contributed by atoms with Crippen molar-refractivity contribution in [3.05, 3.63) is 0 Å². The zero-order valence-electron chi connectivity index (χ0n) is 12.9. The first-order chi connectivity index (χ1) is 10.3. The Morgan fingerprint density at radius 2 is 1.71 bits per heavy atom. The van der Waals surface area contributed by atoms with Crippen molar-refractivity contribution in [1.29, 1.82) is 0 Å². The molecule has 0 aromatic rings. The number of carbonyl (C=O) groups is 1. The predicted molar refractivity (Wildman–Crippen MR) is 79.6 cm³/mol. The van der Waals surface area contributed by atoms with E-state index in [2.05, 4.69) is 4.90 Å². The molecule has 1 amide bonds. The van der Waals surface area contributed by atoms with Gasteiger partial charge in [-0.1, -0.05) is 0 Å². The molecule has 3 nitrogen and oxygen atoms in total. The van der Waals surface area contributed by atoms with Crippen LogP contribution >= 0.6 is 0 Å². The summed E-state index contributed by atoms with van der Waals surface area (Å²) in [6.07, 6.45) is 11.0. The van der Waals surface area contributed by atoms with Crippen LogP contribution in [0.3, 0.4) is 0 Å². The van der Waals surface area contributed by atoms with E-state index in [1.165, 1.54) is 51.4 Å². The van der Waals surface area contributed by atoms with Crippen LogP contribution in [0.2, 0.25) is 0 Å². The molecule has 0 atom stereocenters. The highest BCUT2D eigenvalue weighted by Gasteiger charge is 2.63. The van der Waals surface area contributed by atoms with Crippen LogP contribution in [-0.2, 0) is 9.53 Å². The summed E-state index contributed by atoms with van der Waals surface area (Å²) in [6, 6.07) is 0. The highest BCUT2D eigenvalue weighted by Crippen LogP contribution is 2.63. The molecule has 5 aliphatic carbocycles. The SMILES string of the molecule is O=C(COCC1CC1)N1CCC12C1CC3CC(C1)CC2C3. The second-order valence-electron chi connectivity index (χ2n) is 8.55. The summed E-state index contributed by atoms with van der Waals surface area (Å²) in [5, 5.41) is 0. The lowest BCUT2D eigenvalue weighted by Gasteiger charge is -2.69. The Balaban J connectivity index is 1.29. The molecule has 1 saturated heterocycles. The highest BCUT2D eigenvalue weighted by molar-refractivity contribution is 5.79. The van der Waals surface area contributed by atoms with Gasteiger partial charge in [-0.15, -0.1) is 0 Å². The van der Waals surface area contributed by atoms with Crippen molar-refractivity contribution < 1.29 is 9.53 Å². The fraction of sp³-hybridized carbons (Fsp3) is 0.944. The minimum absolute atomic E-state index is 0.271. The number of nitrogens with zero attached hydrogens (tertiary/aromatic N) is 1. The molecule has 0 N–H and O–H groups in total. The minimum atomic E-state index is 0.271. The molecular formula is C18H27NO2. The third-order valence-corrected chi connectivity index (χ3v) is 7.37. The van der Waals surface area contributed by atoms with Gasteiger partial charge in [-0.2, -0.15) is 0 Å². The van der Waals surface area contributed by atoms with Gasteiger partial charge >= 0.3 is 0 Å². The standard InChI is InChI=1S/C18H27NO2/c20-17(11-21-10-12-1-2-12)19-4-3-18(19)15-6-13-5-14(8-15)9-16(18)7-13/h12-16H,1-11H2. The van der Waals surface area contributed by atoms with Crippen LogP contribution in [0.15, 0.2) is 0 Å².